The lowest BCUT2D eigenvalue weighted by atomic mass is 9.86. The van der Waals surface area contributed by atoms with Gasteiger partial charge in [0.2, 0.25) is 5.91 Å². The van der Waals surface area contributed by atoms with Crippen molar-refractivity contribution in [3.8, 4) is 0 Å². The lowest BCUT2D eigenvalue weighted by molar-refractivity contribution is -0.143. The van der Waals surface area contributed by atoms with Crippen molar-refractivity contribution in [1.29, 1.82) is 0 Å². The van der Waals surface area contributed by atoms with Gasteiger partial charge in [-0.2, -0.15) is 26.3 Å². The number of ether oxygens (including phenoxy) is 2. The number of hydrogen-bond acceptors (Lipinski definition) is 4. The summed E-state index contributed by atoms with van der Waals surface area (Å²) < 4.78 is 106. The molecule has 1 amide bonds. The van der Waals surface area contributed by atoms with Gasteiger partial charge in [-0.15, -0.1) is 0 Å². The first-order chi connectivity index (χ1) is 20.3. The minimum Gasteiger partial charge on any atom is -0.378 e. The van der Waals surface area contributed by atoms with Crippen LogP contribution in [0.2, 0.25) is 0 Å². The average molecular weight is 617 g/mol. The van der Waals surface area contributed by atoms with Gasteiger partial charge in [0.15, 0.2) is 0 Å². The maximum atomic E-state index is 13.8. The molecule has 0 aromatic heterocycles. The van der Waals surface area contributed by atoms with Crippen molar-refractivity contribution >= 4 is 5.91 Å². The molecule has 0 spiro atoms. The van der Waals surface area contributed by atoms with E-state index in [0.717, 1.165) is 24.9 Å². The number of amides is 1. The van der Waals surface area contributed by atoms with Crippen molar-refractivity contribution in [3.05, 3.63) is 70.5 Å². The van der Waals surface area contributed by atoms with E-state index >= 15 is 0 Å². The van der Waals surface area contributed by atoms with Crippen molar-refractivity contribution in [3.63, 3.8) is 0 Å². The molecule has 5 atom stereocenters. The third-order valence-corrected chi connectivity index (χ3v) is 8.88. The molecule has 236 valence electrons. The first kappa shape index (κ1) is 31.7. The van der Waals surface area contributed by atoms with Gasteiger partial charge < -0.3 is 14.4 Å². The van der Waals surface area contributed by atoms with Gasteiger partial charge in [-0.25, -0.2) is 4.39 Å². The molecule has 2 saturated heterocycles. The highest BCUT2D eigenvalue weighted by Gasteiger charge is 2.43. The predicted octanol–water partition coefficient (Wildman–Crippen LogP) is 6.83. The van der Waals surface area contributed by atoms with E-state index in [4.69, 9.17) is 9.47 Å². The van der Waals surface area contributed by atoms with E-state index in [9.17, 15) is 35.5 Å². The van der Waals surface area contributed by atoms with Gasteiger partial charge in [0.05, 0.1) is 42.6 Å². The quantitative estimate of drug-likeness (QED) is 0.320. The van der Waals surface area contributed by atoms with Gasteiger partial charge in [0.1, 0.15) is 5.82 Å². The minimum absolute atomic E-state index is 0.0204. The topological polar surface area (TPSA) is 42.0 Å². The molecule has 0 bridgehead atoms. The Hall–Kier alpha value is -2.70. The van der Waals surface area contributed by atoms with Crippen LogP contribution in [-0.4, -0.2) is 67.2 Å². The zero-order valence-electron chi connectivity index (χ0n) is 23.8. The highest BCUT2D eigenvalue weighted by atomic mass is 19.4. The molecule has 0 unspecified atom stereocenters. The molecule has 2 heterocycles. The van der Waals surface area contributed by atoms with Crippen LogP contribution in [0.15, 0.2) is 42.5 Å². The normalized spacial score (nSPS) is 26.2. The van der Waals surface area contributed by atoms with Crippen LogP contribution in [0.1, 0.15) is 66.9 Å². The van der Waals surface area contributed by atoms with Crippen LogP contribution >= 0.6 is 0 Å². The van der Waals surface area contributed by atoms with Crippen LogP contribution in [-0.2, 0) is 26.6 Å². The largest absolute Gasteiger partial charge is 0.416 e. The zero-order valence-corrected chi connectivity index (χ0v) is 23.8. The molecule has 2 aromatic rings. The summed E-state index contributed by atoms with van der Waals surface area (Å²) in [4.78, 5) is 17.3. The number of carbonyl (C=O) groups excluding carboxylic acids is 1. The van der Waals surface area contributed by atoms with Crippen molar-refractivity contribution in [2.45, 2.75) is 69.1 Å². The number of nitrogens with zero attached hydrogens (tertiary/aromatic N) is 2. The second-order valence-corrected chi connectivity index (χ2v) is 11.7. The fraction of sp³-hybridized carbons (Fsp3) is 0.581. The maximum Gasteiger partial charge on any atom is 0.416 e. The Kier molecular flexibility index (Phi) is 9.39. The Morgan fingerprint density at radius 1 is 0.930 bits per heavy atom. The lowest BCUT2D eigenvalue weighted by Gasteiger charge is -2.35. The Morgan fingerprint density at radius 2 is 1.56 bits per heavy atom. The first-order valence-corrected chi connectivity index (χ1v) is 14.6. The number of hydrogen-bond donors (Lipinski definition) is 0. The van der Waals surface area contributed by atoms with Gasteiger partial charge >= 0.3 is 12.4 Å². The van der Waals surface area contributed by atoms with E-state index in [1.807, 2.05) is 4.90 Å². The molecule has 43 heavy (non-hydrogen) atoms. The first-order valence-electron chi connectivity index (χ1n) is 14.6. The fourth-order valence-electron chi connectivity index (χ4n) is 6.74. The van der Waals surface area contributed by atoms with Crippen LogP contribution in [0.5, 0.6) is 0 Å². The molecule has 1 aliphatic carbocycles. The van der Waals surface area contributed by atoms with Crippen LogP contribution in [0, 0.1) is 11.7 Å². The van der Waals surface area contributed by atoms with Gasteiger partial charge in [-0.05, 0) is 86.5 Å². The summed E-state index contributed by atoms with van der Waals surface area (Å²) in [5.74, 6) is -0.671. The second kappa shape index (κ2) is 12.7. The summed E-state index contributed by atoms with van der Waals surface area (Å²) >= 11 is 0. The Bertz CT molecular complexity index is 1230. The smallest absolute Gasteiger partial charge is 0.378 e. The highest BCUT2D eigenvalue weighted by Crippen LogP contribution is 2.45. The molecule has 5 nitrogen and oxygen atoms in total. The van der Waals surface area contributed by atoms with E-state index in [1.165, 1.54) is 19.1 Å². The molecule has 2 aliphatic heterocycles. The molecule has 1 saturated carbocycles. The minimum atomic E-state index is -4.96. The number of benzene rings is 2. The molecule has 3 aliphatic rings. The predicted molar refractivity (Wildman–Crippen MR) is 144 cm³/mol. The van der Waals surface area contributed by atoms with Crippen molar-refractivity contribution < 1.29 is 45.0 Å². The SMILES string of the molecule is C[C@@H](O[C@H]1CC[C@@H](CN2CCC[C@H]2C(=O)N2CCOCC2)[C@@H]1c1ccc(F)cc1)c1cc(C(F)(F)F)cc(C(F)(F)F)c1. The average Bonchev–Trinajstić information content (AvgIpc) is 3.59. The third kappa shape index (κ3) is 7.34. The molecule has 5 rings (SSSR count). The van der Waals surface area contributed by atoms with Crippen LogP contribution < -0.4 is 0 Å². The van der Waals surface area contributed by atoms with Crippen LogP contribution in [0.25, 0.3) is 0 Å². The number of rotatable bonds is 7. The number of morpholine rings is 1. The van der Waals surface area contributed by atoms with E-state index < -0.39 is 41.5 Å². The van der Waals surface area contributed by atoms with E-state index in [0.29, 0.717) is 57.8 Å². The third-order valence-electron chi connectivity index (χ3n) is 8.88. The highest BCUT2D eigenvalue weighted by molar-refractivity contribution is 5.82. The Morgan fingerprint density at radius 3 is 2.16 bits per heavy atom. The monoisotopic (exact) mass is 616 g/mol. The van der Waals surface area contributed by atoms with E-state index in [2.05, 4.69) is 4.90 Å². The van der Waals surface area contributed by atoms with Gasteiger partial charge in [0.25, 0.3) is 0 Å². The Balaban J connectivity index is 1.37. The van der Waals surface area contributed by atoms with Crippen LogP contribution in [0.4, 0.5) is 30.7 Å². The standard InChI is InChI=1S/C31H35F7N2O3/c1-19(22-15-23(30(33,34)35)17-24(16-22)31(36,37)38)43-27-9-6-21(28(27)20-4-7-25(32)8-5-20)18-40-10-2-3-26(40)29(41)39-11-13-42-14-12-39/h4-5,7-8,15-17,19,21,26-28H,2-3,6,9-14,18H2,1H3/t19-,21+,26+,27+,28+/m1/s1. The number of alkyl halides is 6. The van der Waals surface area contributed by atoms with Gasteiger partial charge in [-0.3, -0.25) is 9.69 Å². The van der Waals surface area contributed by atoms with Gasteiger partial charge in [0, 0.05) is 25.6 Å². The van der Waals surface area contributed by atoms with Crippen molar-refractivity contribution in [2.24, 2.45) is 5.92 Å². The summed E-state index contributed by atoms with van der Waals surface area (Å²) in [6.45, 7) is 4.84. The lowest BCUT2D eigenvalue weighted by Crippen LogP contribution is -2.50. The van der Waals surface area contributed by atoms with Gasteiger partial charge in [-0.1, -0.05) is 12.1 Å². The molecular formula is C31H35F7N2O3. The number of carbonyl (C=O) groups is 1. The zero-order chi connectivity index (χ0) is 30.9. The number of likely N-dealkylation sites (tertiary alicyclic amines) is 1. The maximum absolute atomic E-state index is 13.8. The van der Waals surface area contributed by atoms with Crippen LogP contribution in [0.3, 0.4) is 0 Å². The molecule has 0 N–H and O–H groups in total. The van der Waals surface area contributed by atoms with Crippen molar-refractivity contribution in [2.75, 3.05) is 39.4 Å². The van der Waals surface area contributed by atoms with E-state index in [-0.39, 0.29) is 35.4 Å². The molecule has 0 radical (unpaired) electrons. The molecular weight excluding hydrogens is 581 g/mol. The summed E-state index contributed by atoms with van der Waals surface area (Å²) in [5, 5.41) is 0. The van der Waals surface area contributed by atoms with Crippen molar-refractivity contribution in [1.82, 2.24) is 9.80 Å². The summed E-state index contributed by atoms with van der Waals surface area (Å²) in [7, 11) is 0. The molecule has 12 heteroatoms. The summed E-state index contributed by atoms with van der Waals surface area (Å²) in [6, 6.07) is 7.18. The second-order valence-electron chi connectivity index (χ2n) is 11.7. The van der Waals surface area contributed by atoms with E-state index in [1.54, 1.807) is 12.1 Å². The number of halogens is 7. The fourth-order valence-corrected chi connectivity index (χ4v) is 6.74. The summed E-state index contributed by atoms with van der Waals surface area (Å²) in [5.41, 5.74) is -2.23. The summed E-state index contributed by atoms with van der Waals surface area (Å²) in [6.07, 6.45) is -8.75. The molecule has 3 fully saturated rings. The molecule has 2 aromatic carbocycles. The Labute approximate surface area is 245 Å².